The van der Waals surface area contributed by atoms with Gasteiger partial charge in [-0.15, -0.1) is 0 Å². The number of carboxylic acids is 1. The molecule has 0 bridgehead atoms. The highest BCUT2D eigenvalue weighted by atomic mass is 79.9. The second-order valence-corrected chi connectivity index (χ2v) is 5.93. The molecule has 1 fully saturated rings. The third-order valence-corrected chi connectivity index (χ3v) is 4.14. The Morgan fingerprint density at radius 2 is 1.90 bits per heavy atom. The molecule has 0 saturated carbocycles. The molecule has 1 aromatic carbocycles. The maximum atomic E-state index is 10.7. The number of rotatable bonds is 5. The molecule has 0 atom stereocenters. The van der Waals surface area contributed by atoms with E-state index in [-0.39, 0.29) is 12.3 Å². The van der Waals surface area contributed by atoms with Gasteiger partial charge < -0.3 is 14.9 Å². The fourth-order valence-corrected chi connectivity index (χ4v) is 2.92. The molecule has 0 aliphatic carbocycles. The number of nitrogens with zero attached hydrogens (tertiary/aromatic N) is 2. The molecule has 1 aromatic rings. The number of benzene rings is 1. The van der Waals surface area contributed by atoms with Gasteiger partial charge in [-0.1, -0.05) is 0 Å². The second kappa shape index (κ2) is 7.11. The first-order chi connectivity index (χ1) is 9.99. The summed E-state index contributed by atoms with van der Waals surface area (Å²) in [6.45, 7) is 4.01. The number of carbonyl (C=O) groups is 1. The van der Waals surface area contributed by atoms with Crippen molar-refractivity contribution in [1.29, 1.82) is 0 Å². The molecule has 1 aliphatic rings. The highest BCUT2D eigenvalue weighted by Crippen LogP contribution is 2.35. The Morgan fingerprint density at radius 3 is 2.48 bits per heavy atom. The summed E-state index contributed by atoms with van der Waals surface area (Å²) < 4.78 is 5.76. The Labute approximate surface area is 132 Å². The van der Waals surface area contributed by atoms with Gasteiger partial charge in [0, 0.05) is 32.7 Å². The fraction of sp³-hybridized carbons (Fsp3) is 0.500. The van der Waals surface area contributed by atoms with Crippen LogP contribution >= 0.6 is 15.9 Å². The van der Waals surface area contributed by atoms with Gasteiger partial charge in [-0.05, 0) is 33.6 Å². The molecule has 21 heavy (non-hydrogen) atoms. The highest BCUT2D eigenvalue weighted by Gasteiger charge is 2.19. The molecule has 1 saturated heterocycles. The number of methoxy groups -OCH3 is 1. The molecule has 2 rings (SSSR count). The van der Waals surface area contributed by atoms with Crippen LogP contribution in [0.1, 0.15) is 5.56 Å². The van der Waals surface area contributed by atoms with Crippen LogP contribution in [-0.4, -0.2) is 65.8 Å². The van der Waals surface area contributed by atoms with E-state index in [0.29, 0.717) is 10.2 Å². The normalized spacial score (nSPS) is 16.9. The SMILES string of the molecule is COc1cc(CN2CCN(CC(=O)O)CC2)cc(Br)c1O. The first-order valence-electron chi connectivity index (χ1n) is 6.71. The van der Waals surface area contributed by atoms with Gasteiger partial charge in [0.05, 0.1) is 18.1 Å². The third-order valence-electron chi connectivity index (χ3n) is 3.54. The number of phenols is 1. The molecule has 2 N–H and O–H groups in total. The smallest absolute Gasteiger partial charge is 0.317 e. The molecule has 0 radical (unpaired) electrons. The first-order valence-corrected chi connectivity index (χ1v) is 7.50. The minimum Gasteiger partial charge on any atom is -0.503 e. The Hall–Kier alpha value is -1.31. The first kappa shape index (κ1) is 16.1. The Kier molecular flexibility index (Phi) is 5.44. The zero-order valence-electron chi connectivity index (χ0n) is 11.9. The van der Waals surface area contributed by atoms with Crippen LogP contribution in [0.25, 0.3) is 0 Å². The minimum atomic E-state index is -0.782. The number of hydrogen-bond acceptors (Lipinski definition) is 5. The molecule has 116 valence electrons. The van der Waals surface area contributed by atoms with Gasteiger partial charge in [0.15, 0.2) is 11.5 Å². The van der Waals surface area contributed by atoms with Crippen LogP contribution in [0.5, 0.6) is 11.5 Å². The number of aromatic hydroxyl groups is 1. The second-order valence-electron chi connectivity index (χ2n) is 5.07. The number of phenolic OH excluding ortho intramolecular Hbond substituents is 1. The van der Waals surface area contributed by atoms with Crippen molar-refractivity contribution in [2.75, 3.05) is 39.8 Å². The zero-order chi connectivity index (χ0) is 15.4. The average molecular weight is 359 g/mol. The fourth-order valence-electron chi connectivity index (χ4n) is 2.43. The van der Waals surface area contributed by atoms with Crippen molar-refractivity contribution in [3.63, 3.8) is 0 Å². The van der Waals surface area contributed by atoms with Gasteiger partial charge in [0.25, 0.3) is 0 Å². The maximum absolute atomic E-state index is 10.7. The van der Waals surface area contributed by atoms with E-state index in [9.17, 15) is 9.90 Å². The molecule has 0 spiro atoms. The van der Waals surface area contributed by atoms with Crippen molar-refractivity contribution in [2.24, 2.45) is 0 Å². The summed E-state index contributed by atoms with van der Waals surface area (Å²) in [7, 11) is 1.52. The van der Waals surface area contributed by atoms with Crippen molar-refractivity contribution in [1.82, 2.24) is 9.80 Å². The third kappa shape index (κ3) is 4.33. The number of carboxylic acid groups (broad SMARTS) is 1. The zero-order valence-corrected chi connectivity index (χ0v) is 13.5. The van der Waals surface area contributed by atoms with Crippen LogP contribution in [0.15, 0.2) is 16.6 Å². The molecule has 7 heteroatoms. The molecule has 0 aromatic heterocycles. The van der Waals surface area contributed by atoms with Crippen LogP contribution in [0, 0.1) is 0 Å². The van der Waals surface area contributed by atoms with Gasteiger partial charge in [0.1, 0.15) is 0 Å². The van der Waals surface area contributed by atoms with E-state index in [1.165, 1.54) is 7.11 Å². The molecule has 1 aliphatic heterocycles. The lowest BCUT2D eigenvalue weighted by atomic mass is 10.1. The van der Waals surface area contributed by atoms with Gasteiger partial charge in [-0.25, -0.2) is 0 Å². The Balaban J connectivity index is 1.94. The summed E-state index contributed by atoms with van der Waals surface area (Å²) in [5.74, 6) is -0.230. The van der Waals surface area contributed by atoms with Crippen molar-refractivity contribution in [3.8, 4) is 11.5 Å². The Bertz CT molecular complexity index is 516. The van der Waals surface area contributed by atoms with Crippen molar-refractivity contribution in [2.45, 2.75) is 6.54 Å². The number of piperazine rings is 1. The largest absolute Gasteiger partial charge is 0.503 e. The van der Waals surface area contributed by atoms with Gasteiger partial charge in [0.2, 0.25) is 0 Å². The standard InChI is InChI=1S/C14H19BrN2O4/c1-21-12-7-10(6-11(15)14(12)20)8-16-2-4-17(5-3-16)9-13(18)19/h6-7,20H,2-5,8-9H2,1H3,(H,18,19). The number of hydrogen-bond donors (Lipinski definition) is 2. The van der Waals surface area contributed by atoms with E-state index in [4.69, 9.17) is 9.84 Å². The monoisotopic (exact) mass is 358 g/mol. The molecule has 0 unspecified atom stereocenters. The summed E-state index contributed by atoms with van der Waals surface area (Å²) >= 11 is 3.32. The molecule has 1 heterocycles. The van der Waals surface area contributed by atoms with Crippen LogP contribution in [0.4, 0.5) is 0 Å². The number of halogens is 1. The lowest BCUT2D eigenvalue weighted by molar-refractivity contribution is -0.138. The van der Waals surface area contributed by atoms with Gasteiger partial charge in [-0.2, -0.15) is 0 Å². The quantitative estimate of drug-likeness (QED) is 0.827. The summed E-state index contributed by atoms with van der Waals surface area (Å²) in [4.78, 5) is 14.9. The van der Waals surface area contributed by atoms with Crippen molar-refractivity contribution < 1.29 is 19.7 Å². The predicted molar refractivity (Wildman–Crippen MR) is 81.7 cm³/mol. The van der Waals surface area contributed by atoms with E-state index >= 15 is 0 Å². The van der Waals surface area contributed by atoms with Gasteiger partial charge >= 0.3 is 5.97 Å². The van der Waals surface area contributed by atoms with Gasteiger partial charge in [-0.3, -0.25) is 14.6 Å². The van der Waals surface area contributed by atoms with Crippen LogP contribution in [0.3, 0.4) is 0 Å². The number of ether oxygens (including phenoxy) is 1. The van der Waals surface area contributed by atoms with Crippen molar-refractivity contribution >= 4 is 21.9 Å². The Morgan fingerprint density at radius 1 is 1.29 bits per heavy atom. The summed E-state index contributed by atoms with van der Waals surface area (Å²) in [5.41, 5.74) is 1.04. The summed E-state index contributed by atoms with van der Waals surface area (Å²) in [5, 5.41) is 18.6. The lowest BCUT2D eigenvalue weighted by Crippen LogP contribution is -2.47. The molecular weight excluding hydrogens is 340 g/mol. The predicted octanol–water partition coefficient (Wildman–Crippen LogP) is 1.37. The summed E-state index contributed by atoms with van der Waals surface area (Å²) in [6, 6.07) is 3.70. The summed E-state index contributed by atoms with van der Waals surface area (Å²) in [6.07, 6.45) is 0. The average Bonchev–Trinajstić information content (AvgIpc) is 2.44. The highest BCUT2D eigenvalue weighted by molar-refractivity contribution is 9.10. The van der Waals surface area contributed by atoms with E-state index in [1.54, 1.807) is 0 Å². The minimum absolute atomic E-state index is 0.104. The van der Waals surface area contributed by atoms with Crippen LogP contribution in [-0.2, 0) is 11.3 Å². The molecular formula is C14H19BrN2O4. The van der Waals surface area contributed by atoms with Crippen LogP contribution in [0.2, 0.25) is 0 Å². The van der Waals surface area contributed by atoms with Crippen LogP contribution < -0.4 is 4.74 Å². The maximum Gasteiger partial charge on any atom is 0.317 e. The number of aliphatic carboxylic acids is 1. The van der Waals surface area contributed by atoms with E-state index in [0.717, 1.165) is 38.3 Å². The molecule has 6 nitrogen and oxygen atoms in total. The van der Waals surface area contributed by atoms with E-state index in [1.807, 2.05) is 17.0 Å². The topological polar surface area (TPSA) is 73.2 Å². The van der Waals surface area contributed by atoms with Crippen molar-refractivity contribution in [3.05, 3.63) is 22.2 Å². The van der Waals surface area contributed by atoms with E-state index < -0.39 is 5.97 Å². The lowest BCUT2D eigenvalue weighted by Gasteiger charge is -2.33. The molecule has 0 amide bonds. The van der Waals surface area contributed by atoms with E-state index in [2.05, 4.69) is 20.8 Å².